The van der Waals surface area contributed by atoms with Gasteiger partial charge in [0.2, 0.25) is 0 Å². The van der Waals surface area contributed by atoms with Crippen LogP contribution in [0.3, 0.4) is 0 Å². The van der Waals surface area contributed by atoms with Crippen LogP contribution >= 0.6 is 0 Å². The summed E-state index contributed by atoms with van der Waals surface area (Å²) in [6.45, 7) is 0. The summed E-state index contributed by atoms with van der Waals surface area (Å²) in [4.78, 5) is 12.3. The molecule has 1 aliphatic carbocycles. The SMILES string of the molecule is O=C(NC1CCCCCC1)c1ccc(Nc2cccc(F)c2)nn1. The van der Waals surface area contributed by atoms with Gasteiger partial charge in [0.15, 0.2) is 11.5 Å². The van der Waals surface area contributed by atoms with Crippen LogP contribution in [0.25, 0.3) is 0 Å². The Morgan fingerprint density at radius 2 is 1.83 bits per heavy atom. The first-order chi connectivity index (χ1) is 11.7. The average molecular weight is 328 g/mol. The number of anilines is 2. The number of nitrogens with one attached hydrogen (secondary N) is 2. The van der Waals surface area contributed by atoms with Crippen LogP contribution in [0.1, 0.15) is 49.0 Å². The van der Waals surface area contributed by atoms with E-state index in [0.29, 0.717) is 17.2 Å². The van der Waals surface area contributed by atoms with Gasteiger partial charge in [0.1, 0.15) is 5.82 Å². The van der Waals surface area contributed by atoms with Crippen LogP contribution < -0.4 is 10.6 Å². The standard InChI is InChI=1S/C18H21FN4O/c19-13-6-5-9-15(12-13)20-17-11-10-16(22-23-17)18(24)21-14-7-3-1-2-4-8-14/h5-6,9-12,14H,1-4,7-8H2,(H,20,23)(H,21,24). The number of halogens is 1. The van der Waals surface area contributed by atoms with Crippen molar-refractivity contribution >= 4 is 17.4 Å². The molecule has 0 spiro atoms. The molecule has 126 valence electrons. The molecule has 0 bridgehead atoms. The van der Waals surface area contributed by atoms with Crippen molar-refractivity contribution in [3.8, 4) is 0 Å². The Balaban J connectivity index is 1.60. The van der Waals surface area contributed by atoms with E-state index in [2.05, 4.69) is 20.8 Å². The average Bonchev–Trinajstić information content (AvgIpc) is 2.84. The van der Waals surface area contributed by atoms with E-state index < -0.39 is 0 Å². The van der Waals surface area contributed by atoms with Crippen molar-refractivity contribution in [3.05, 3.63) is 47.9 Å². The van der Waals surface area contributed by atoms with Crippen LogP contribution in [-0.2, 0) is 0 Å². The fraction of sp³-hybridized carbons (Fsp3) is 0.389. The minimum absolute atomic E-state index is 0.188. The van der Waals surface area contributed by atoms with Crippen LogP contribution in [0.15, 0.2) is 36.4 Å². The summed E-state index contributed by atoms with van der Waals surface area (Å²) >= 11 is 0. The van der Waals surface area contributed by atoms with Crippen LogP contribution in [0.5, 0.6) is 0 Å². The van der Waals surface area contributed by atoms with E-state index in [1.807, 2.05) is 0 Å². The van der Waals surface area contributed by atoms with Crippen LogP contribution in [0.2, 0.25) is 0 Å². The van der Waals surface area contributed by atoms with E-state index >= 15 is 0 Å². The summed E-state index contributed by atoms with van der Waals surface area (Å²) in [6.07, 6.45) is 6.86. The highest BCUT2D eigenvalue weighted by molar-refractivity contribution is 5.92. The molecule has 5 nitrogen and oxygen atoms in total. The summed E-state index contributed by atoms with van der Waals surface area (Å²) in [6, 6.07) is 9.61. The second kappa shape index (κ2) is 7.86. The predicted octanol–water partition coefficient (Wildman–Crippen LogP) is 3.81. The van der Waals surface area contributed by atoms with Crippen molar-refractivity contribution in [2.24, 2.45) is 0 Å². The Bertz CT molecular complexity index is 682. The largest absolute Gasteiger partial charge is 0.348 e. The first kappa shape index (κ1) is 16.4. The zero-order valence-corrected chi connectivity index (χ0v) is 13.5. The minimum atomic E-state index is -0.327. The van der Waals surface area contributed by atoms with Gasteiger partial charge in [-0.05, 0) is 43.2 Å². The van der Waals surface area contributed by atoms with E-state index in [4.69, 9.17) is 0 Å². The smallest absolute Gasteiger partial charge is 0.272 e. The predicted molar refractivity (Wildman–Crippen MR) is 90.7 cm³/mol. The summed E-state index contributed by atoms with van der Waals surface area (Å²) in [5, 5.41) is 14.0. The topological polar surface area (TPSA) is 66.9 Å². The Kier molecular flexibility index (Phi) is 5.36. The molecule has 24 heavy (non-hydrogen) atoms. The van der Waals surface area contributed by atoms with Gasteiger partial charge in [-0.2, -0.15) is 0 Å². The molecule has 1 heterocycles. The summed E-state index contributed by atoms with van der Waals surface area (Å²) in [7, 11) is 0. The van der Waals surface area contributed by atoms with Gasteiger partial charge in [0.25, 0.3) is 5.91 Å². The highest BCUT2D eigenvalue weighted by Gasteiger charge is 2.16. The summed E-state index contributed by atoms with van der Waals surface area (Å²) in [5.74, 6) is -0.0503. The molecule has 1 saturated carbocycles. The first-order valence-corrected chi connectivity index (χ1v) is 8.38. The molecule has 1 aromatic heterocycles. The van der Waals surface area contributed by atoms with Crippen LogP contribution in [0.4, 0.5) is 15.9 Å². The first-order valence-electron chi connectivity index (χ1n) is 8.38. The van der Waals surface area contributed by atoms with Crippen molar-refractivity contribution in [3.63, 3.8) is 0 Å². The fourth-order valence-electron chi connectivity index (χ4n) is 2.92. The van der Waals surface area contributed by atoms with E-state index in [1.54, 1.807) is 24.3 Å². The maximum absolute atomic E-state index is 13.2. The summed E-state index contributed by atoms with van der Waals surface area (Å²) in [5.41, 5.74) is 0.879. The number of carbonyl (C=O) groups excluding carboxylic acids is 1. The Morgan fingerprint density at radius 1 is 1.04 bits per heavy atom. The number of carbonyl (C=O) groups is 1. The highest BCUT2D eigenvalue weighted by Crippen LogP contribution is 2.18. The number of nitrogens with zero attached hydrogens (tertiary/aromatic N) is 2. The van der Waals surface area contributed by atoms with Gasteiger partial charge in [-0.3, -0.25) is 4.79 Å². The highest BCUT2D eigenvalue weighted by atomic mass is 19.1. The molecule has 2 aromatic rings. The van der Waals surface area contributed by atoms with Gasteiger partial charge in [-0.15, -0.1) is 10.2 Å². The third kappa shape index (κ3) is 4.50. The van der Waals surface area contributed by atoms with E-state index in [1.165, 1.54) is 25.0 Å². The molecule has 0 radical (unpaired) electrons. The molecule has 3 rings (SSSR count). The fourth-order valence-corrected chi connectivity index (χ4v) is 2.92. The van der Waals surface area contributed by atoms with Crippen LogP contribution in [-0.4, -0.2) is 22.1 Å². The molecule has 2 N–H and O–H groups in total. The van der Waals surface area contributed by atoms with Crippen molar-refractivity contribution in [1.82, 2.24) is 15.5 Å². The van der Waals surface area contributed by atoms with Crippen molar-refractivity contribution < 1.29 is 9.18 Å². The number of benzene rings is 1. The van der Waals surface area contributed by atoms with Gasteiger partial charge in [-0.1, -0.05) is 31.7 Å². The molecule has 1 amide bonds. The summed E-state index contributed by atoms with van der Waals surface area (Å²) < 4.78 is 13.2. The molecular weight excluding hydrogens is 307 g/mol. The Morgan fingerprint density at radius 3 is 2.50 bits per heavy atom. The molecule has 0 atom stereocenters. The lowest BCUT2D eigenvalue weighted by atomic mass is 10.1. The molecular formula is C18H21FN4O. The lowest BCUT2D eigenvalue weighted by Crippen LogP contribution is -2.35. The third-order valence-electron chi connectivity index (χ3n) is 4.18. The molecule has 1 aliphatic rings. The van der Waals surface area contributed by atoms with Crippen molar-refractivity contribution in [2.45, 2.75) is 44.6 Å². The maximum atomic E-state index is 13.2. The monoisotopic (exact) mass is 328 g/mol. The molecule has 1 aromatic carbocycles. The second-order valence-electron chi connectivity index (χ2n) is 6.10. The van der Waals surface area contributed by atoms with Crippen molar-refractivity contribution in [1.29, 1.82) is 0 Å². The zero-order valence-electron chi connectivity index (χ0n) is 13.5. The molecule has 6 heteroatoms. The molecule has 0 aliphatic heterocycles. The van der Waals surface area contributed by atoms with Gasteiger partial charge in [0.05, 0.1) is 0 Å². The number of amides is 1. The molecule has 0 unspecified atom stereocenters. The van der Waals surface area contributed by atoms with Gasteiger partial charge >= 0.3 is 0 Å². The normalized spacial score (nSPS) is 15.5. The van der Waals surface area contributed by atoms with E-state index in [9.17, 15) is 9.18 Å². The lowest BCUT2D eigenvalue weighted by Gasteiger charge is -2.15. The second-order valence-corrected chi connectivity index (χ2v) is 6.10. The van der Waals surface area contributed by atoms with Gasteiger partial charge < -0.3 is 10.6 Å². The van der Waals surface area contributed by atoms with Gasteiger partial charge in [-0.25, -0.2) is 4.39 Å². The number of aromatic nitrogens is 2. The van der Waals surface area contributed by atoms with E-state index in [0.717, 1.165) is 25.7 Å². The maximum Gasteiger partial charge on any atom is 0.272 e. The van der Waals surface area contributed by atoms with Crippen molar-refractivity contribution in [2.75, 3.05) is 5.32 Å². The quantitative estimate of drug-likeness (QED) is 0.838. The van der Waals surface area contributed by atoms with Crippen LogP contribution in [0, 0.1) is 5.82 Å². The zero-order chi connectivity index (χ0) is 16.8. The molecule has 0 saturated heterocycles. The lowest BCUT2D eigenvalue weighted by molar-refractivity contribution is 0.0927. The third-order valence-corrected chi connectivity index (χ3v) is 4.18. The Hall–Kier alpha value is -2.50. The minimum Gasteiger partial charge on any atom is -0.348 e. The Labute approximate surface area is 140 Å². The number of rotatable bonds is 4. The number of hydrogen-bond donors (Lipinski definition) is 2. The van der Waals surface area contributed by atoms with E-state index in [-0.39, 0.29) is 17.8 Å². The molecule has 1 fully saturated rings. The number of hydrogen-bond acceptors (Lipinski definition) is 4. The van der Waals surface area contributed by atoms with Gasteiger partial charge in [0, 0.05) is 11.7 Å².